The summed E-state index contributed by atoms with van der Waals surface area (Å²) in [5.41, 5.74) is 3.22. The first-order valence-corrected chi connectivity index (χ1v) is 12.6. The van der Waals surface area contributed by atoms with Gasteiger partial charge in [0.25, 0.3) is 0 Å². The summed E-state index contributed by atoms with van der Waals surface area (Å²) >= 11 is 6.31. The van der Waals surface area contributed by atoms with Crippen LogP contribution in [0.2, 0.25) is 5.02 Å². The van der Waals surface area contributed by atoms with Crippen LogP contribution in [0.15, 0.2) is 48.4 Å². The number of carbonyl (C=O) groups excluding carboxylic acids is 1. The number of benzene rings is 2. The molecule has 1 N–H and O–H groups in total. The number of phenols is 1. The second kappa shape index (κ2) is 9.70. The summed E-state index contributed by atoms with van der Waals surface area (Å²) in [7, 11) is 0. The molecule has 37 heavy (non-hydrogen) atoms. The zero-order chi connectivity index (χ0) is 25.5. The monoisotopic (exact) mass is 519 g/mol. The summed E-state index contributed by atoms with van der Waals surface area (Å²) in [6, 6.07) is 11.1. The van der Waals surface area contributed by atoms with Crippen molar-refractivity contribution in [3.05, 3.63) is 81.2 Å². The lowest BCUT2D eigenvalue weighted by atomic mass is 9.98. The van der Waals surface area contributed by atoms with Crippen LogP contribution in [0.1, 0.15) is 32.6 Å². The van der Waals surface area contributed by atoms with Gasteiger partial charge in [-0.25, -0.2) is 4.98 Å². The molecule has 0 unspecified atom stereocenters. The van der Waals surface area contributed by atoms with Gasteiger partial charge in [-0.2, -0.15) is 0 Å². The van der Waals surface area contributed by atoms with Gasteiger partial charge in [0.2, 0.25) is 5.78 Å². The second-order valence-corrected chi connectivity index (χ2v) is 9.82. The molecule has 0 saturated carbocycles. The molecule has 0 bridgehead atoms. The van der Waals surface area contributed by atoms with Crippen LogP contribution in [0.3, 0.4) is 0 Å². The van der Waals surface area contributed by atoms with E-state index in [2.05, 4.69) is 14.8 Å². The lowest BCUT2D eigenvalue weighted by molar-refractivity contribution is -0.0165. The molecule has 3 aromatic rings. The molecule has 6 rings (SSSR count). The largest absolute Gasteiger partial charge is 0.507 e. The molecule has 0 amide bonds. The summed E-state index contributed by atoms with van der Waals surface area (Å²) < 4.78 is 17.2. The zero-order valence-corrected chi connectivity index (χ0v) is 21.1. The number of allylic oxidation sites excluding steroid dienone is 1. The number of piperazine rings is 1. The Balaban J connectivity index is 1.27. The maximum atomic E-state index is 13.4. The molecule has 4 heterocycles. The first kappa shape index (κ1) is 23.8. The van der Waals surface area contributed by atoms with Gasteiger partial charge in [0, 0.05) is 55.1 Å². The highest BCUT2D eigenvalue weighted by atomic mass is 35.5. The van der Waals surface area contributed by atoms with Crippen LogP contribution in [0.5, 0.6) is 17.2 Å². The number of ether oxygens (including phenoxy) is 3. The third-order valence-corrected chi connectivity index (χ3v) is 7.16. The van der Waals surface area contributed by atoms with E-state index >= 15 is 0 Å². The number of ketones is 1. The Labute approximate surface area is 219 Å². The van der Waals surface area contributed by atoms with Gasteiger partial charge < -0.3 is 24.2 Å². The van der Waals surface area contributed by atoms with Crippen LogP contribution in [-0.2, 0) is 17.9 Å². The van der Waals surface area contributed by atoms with Crippen molar-refractivity contribution in [2.75, 3.05) is 37.9 Å². The number of anilines is 1. The normalized spacial score (nSPS) is 18.4. The summed E-state index contributed by atoms with van der Waals surface area (Å²) in [5.74, 6) is 2.07. The summed E-state index contributed by atoms with van der Waals surface area (Å²) in [5, 5.41) is 11.4. The minimum atomic E-state index is -0.227. The third-order valence-electron chi connectivity index (χ3n) is 6.94. The van der Waals surface area contributed by atoms with Gasteiger partial charge >= 0.3 is 0 Å². The van der Waals surface area contributed by atoms with Gasteiger partial charge in [-0.05, 0) is 48.9 Å². The molecule has 3 aliphatic heterocycles. The molecule has 1 saturated heterocycles. The minimum absolute atomic E-state index is 0.123. The highest BCUT2D eigenvalue weighted by Gasteiger charge is 2.34. The van der Waals surface area contributed by atoms with Crippen LogP contribution in [0.25, 0.3) is 6.08 Å². The number of nitrogens with zero attached hydrogens (tertiary/aromatic N) is 3. The SMILES string of the molecule is Cc1cc(O)c(CN2CCN(c3ccccn3)CC2)c2c1C(=O)/C(=C/c1cc(Cl)cc3c1OCOC3)O2. The van der Waals surface area contributed by atoms with E-state index in [1.807, 2.05) is 18.2 Å². The number of halogens is 1. The number of hydrogen-bond acceptors (Lipinski definition) is 8. The molecule has 190 valence electrons. The molecule has 3 aliphatic rings. The van der Waals surface area contributed by atoms with Crippen LogP contribution in [0, 0.1) is 6.92 Å². The second-order valence-electron chi connectivity index (χ2n) is 9.38. The average Bonchev–Trinajstić information content (AvgIpc) is 3.23. The highest BCUT2D eigenvalue weighted by molar-refractivity contribution is 6.31. The number of Topliss-reactive ketones (excluding diaryl/α,β-unsaturated/α-hetero) is 1. The molecule has 0 atom stereocenters. The van der Waals surface area contributed by atoms with Gasteiger partial charge in [0.1, 0.15) is 23.1 Å². The Morgan fingerprint density at radius 3 is 2.76 bits per heavy atom. The first-order valence-electron chi connectivity index (χ1n) is 12.2. The van der Waals surface area contributed by atoms with Crippen molar-refractivity contribution in [1.82, 2.24) is 9.88 Å². The number of hydrogen-bond donors (Lipinski definition) is 1. The number of carbonyl (C=O) groups is 1. The van der Waals surface area contributed by atoms with E-state index in [4.69, 9.17) is 25.8 Å². The fourth-order valence-electron chi connectivity index (χ4n) is 5.09. The van der Waals surface area contributed by atoms with E-state index < -0.39 is 0 Å². The predicted molar refractivity (Wildman–Crippen MR) is 139 cm³/mol. The number of phenolic OH excluding ortho intramolecular Hbond substituents is 1. The van der Waals surface area contributed by atoms with E-state index in [0.29, 0.717) is 51.9 Å². The minimum Gasteiger partial charge on any atom is -0.507 e. The number of aromatic hydroxyl groups is 1. The smallest absolute Gasteiger partial charge is 0.232 e. The molecule has 0 spiro atoms. The van der Waals surface area contributed by atoms with E-state index in [-0.39, 0.29) is 24.1 Å². The van der Waals surface area contributed by atoms with Crippen LogP contribution in [0.4, 0.5) is 5.82 Å². The zero-order valence-electron chi connectivity index (χ0n) is 20.4. The van der Waals surface area contributed by atoms with Gasteiger partial charge in [-0.3, -0.25) is 9.69 Å². The third kappa shape index (κ3) is 4.52. The van der Waals surface area contributed by atoms with Crippen molar-refractivity contribution in [3.63, 3.8) is 0 Å². The number of aromatic nitrogens is 1. The summed E-state index contributed by atoms with van der Waals surface area (Å²) in [6.07, 6.45) is 3.46. The van der Waals surface area contributed by atoms with Gasteiger partial charge in [-0.1, -0.05) is 17.7 Å². The van der Waals surface area contributed by atoms with Crippen molar-refractivity contribution < 1.29 is 24.1 Å². The molecule has 9 heteroatoms. The topological polar surface area (TPSA) is 84.4 Å². The van der Waals surface area contributed by atoms with Crippen molar-refractivity contribution in [2.45, 2.75) is 20.1 Å². The van der Waals surface area contributed by atoms with Gasteiger partial charge in [0.05, 0.1) is 17.7 Å². The average molecular weight is 520 g/mol. The quantitative estimate of drug-likeness (QED) is 0.502. The maximum Gasteiger partial charge on any atom is 0.232 e. The van der Waals surface area contributed by atoms with Crippen molar-refractivity contribution in [1.29, 1.82) is 0 Å². The van der Waals surface area contributed by atoms with E-state index in [9.17, 15) is 9.90 Å². The fourth-order valence-corrected chi connectivity index (χ4v) is 5.34. The number of pyridine rings is 1. The molecule has 0 aliphatic carbocycles. The van der Waals surface area contributed by atoms with Gasteiger partial charge in [0.15, 0.2) is 12.6 Å². The number of aryl methyl sites for hydroxylation is 1. The number of fused-ring (bicyclic) bond motifs is 2. The summed E-state index contributed by atoms with van der Waals surface area (Å²) in [4.78, 5) is 22.4. The van der Waals surface area contributed by atoms with E-state index in [1.54, 1.807) is 37.4 Å². The Bertz CT molecular complexity index is 1400. The molecule has 0 radical (unpaired) electrons. The lowest BCUT2D eigenvalue weighted by Gasteiger charge is -2.35. The van der Waals surface area contributed by atoms with Crippen molar-refractivity contribution in [3.8, 4) is 17.2 Å². The van der Waals surface area contributed by atoms with Crippen LogP contribution >= 0.6 is 11.6 Å². The van der Waals surface area contributed by atoms with Crippen LogP contribution < -0.4 is 14.4 Å². The predicted octanol–water partition coefficient (Wildman–Crippen LogP) is 4.55. The fraction of sp³-hybridized carbons (Fsp3) is 0.286. The lowest BCUT2D eigenvalue weighted by Crippen LogP contribution is -2.46. The van der Waals surface area contributed by atoms with Crippen molar-refractivity contribution >= 4 is 29.3 Å². The number of rotatable bonds is 4. The van der Waals surface area contributed by atoms with Gasteiger partial charge in [-0.15, -0.1) is 0 Å². The molecule has 1 aromatic heterocycles. The highest BCUT2D eigenvalue weighted by Crippen LogP contribution is 2.43. The Hall–Kier alpha value is -3.59. The Morgan fingerprint density at radius 1 is 1.14 bits per heavy atom. The summed E-state index contributed by atoms with van der Waals surface area (Å²) in [6.45, 7) is 6.02. The molecule has 1 fully saturated rings. The molecule has 2 aromatic carbocycles. The Kier molecular flexibility index (Phi) is 6.24. The standard InChI is InChI=1S/C28H26ClN3O5/c1-17-10-22(33)21(14-31-6-8-32(9-7-31)24-4-2-3-5-30-24)28-25(17)26(34)23(37-28)13-18-11-20(29)12-19-15-35-16-36-27(18)19/h2-5,10-13,33H,6-9,14-16H2,1H3/b23-13-. The maximum absolute atomic E-state index is 13.4. The Morgan fingerprint density at radius 2 is 1.97 bits per heavy atom. The van der Waals surface area contributed by atoms with Crippen LogP contribution in [-0.4, -0.2) is 53.7 Å². The van der Waals surface area contributed by atoms with E-state index in [0.717, 1.165) is 37.6 Å². The van der Waals surface area contributed by atoms with Crippen molar-refractivity contribution in [2.24, 2.45) is 0 Å². The molecular weight excluding hydrogens is 494 g/mol. The molecular formula is C28H26ClN3O5. The van der Waals surface area contributed by atoms with E-state index in [1.165, 1.54) is 0 Å². The first-order chi connectivity index (χ1) is 18.0. The molecule has 8 nitrogen and oxygen atoms in total.